The molecular weight excluding hydrogens is 206 g/mol. The van der Waals surface area contributed by atoms with Crippen molar-refractivity contribution in [3.63, 3.8) is 0 Å². The van der Waals surface area contributed by atoms with Crippen molar-refractivity contribution in [1.82, 2.24) is 16.0 Å². The lowest BCUT2D eigenvalue weighted by Gasteiger charge is -2.21. The van der Waals surface area contributed by atoms with E-state index < -0.39 is 0 Å². The molecule has 1 aliphatic heterocycles. The van der Waals surface area contributed by atoms with E-state index in [4.69, 9.17) is 0 Å². The van der Waals surface area contributed by atoms with Gasteiger partial charge in [-0.3, -0.25) is 9.59 Å². The quantitative estimate of drug-likeness (QED) is 0.600. The molecule has 0 bridgehead atoms. The van der Waals surface area contributed by atoms with Gasteiger partial charge in [-0.25, -0.2) is 0 Å². The number of amides is 2. The molecule has 5 nitrogen and oxygen atoms in total. The summed E-state index contributed by atoms with van der Waals surface area (Å²) in [5, 5.41) is 8.61. The van der Waals surface area contributed by atoms with Crippen LogP contribution in [0.15, 0.2) is 0 Å². The molecule has 1 fully saturated rings. The summed E-state index contributed by atoms with van der Waals surface area (Å²) >= 11 is 0. The van der Waals surface area contributed by atoms with E-state index >= 15 is 0 Å². The summed E-state index contributed by atoms with van der Waals surface area (Å²) in [4.78, 5) is 22.9. The molecule has 0 aromatic heterocycles. The van der Waals surface area contributed by atoms with Crippen molar-refractivity contribution in [2.45, 2.75) is 26.2 Å². The molecule has 3 N–H and O–H groups in total. The third-order valence-corrected chi connectivity index (χ3v) is 2.71. The van der Waals surface area contributed by atoms with Gasteiger partial charge in [0.25, 0.3) is 0 Å². The van der Waals surface area contributed by atoms with Crippen LogP contribution in [0, 0.1) is 5.92 Å². The van der Waals surface area contributed by atoms with Crippen LogP contribution in [-0.4, -0.2) is 38.0 Å². The second-order valence-corrected chi connectivity index (χ2v) is 4.09. The van der Waals surface area contributed by atoms with E-state index in [-0.39, 0.29) is 24.3 Å². The van der Waals surface area contributed by atoms with Crippen LogP contribution in [0.2, 0.25) is 0 Å². The summed E-state index contributed by atoms with van der Waals surface area (Å²) in [7, 11) is 0. The predicted octanol–water partition coefficient (Wildman–Crippen LogP) is -0.372. The Bertz CT molecular complexity index is 237. The van der Waals surface area contributed by atoms with Gasteiger partial charge in [0.05, 0.1) is 6.54 Å². The number of piperidine rings is 1. The largest absolute Gasteiger partial charge is 0.355 e. The molecule has 5 heteroatoms. The van der Waals surface area contributed by atoms with Crippen LogP contribution >= 0.6 is 0 Å². The zero-order valence-corrected chi connectivity index (χ0v) is 9.84. The van der Waals surface area contributed by atoms with Gasteiger partial charge in [0.15, 0.2) is 0 Å². The van der Waals surface area contributed by atoms with Crippen molar-refractivity contribution in [1.29, 1.82) is 0 Å². The Morgan fingerprint density at radius 1 is 1.25 bits per heavy atom. The normalized spacial score (nSPS) is 16.8. The van der Waals surface area contributed by atoms with Gasteiger partial charge in [0.2, 0.25) is 11.8 Å². The van der Waals surface area contributed by atoms with Crippen LogP contribution in [0.25, 0.3) is 0 Å². The number of carbonyl (C=O) groups excluding carboxylic acids is 2. The van der Waals surface area contributed by atoms with Crippen molar-refractivity contribution in [3.8, 4) is 0 Å². The van der Waals surface area contributed by atoms with Gasteiger partial charge in [0.1, 0.15) is 0 Å². The smallest absolute Gasteiger partial charge is 0.239 e. The maximum atomic E-state index is 11.7. The minimum absolute atomic E-state index is 0.00754. The SMILES string of the molecule is CCCNC(=O)CNC(=O)C1CCNCC1. The van der Waals surface area contributed by atoms with Crippen LogP contribution in [-0.2, 0) is 9.59 Å². The average molecular weight is 227 g/mol. The number of carbonyl (C=O) groups is 2. The molecular formula is C11H21N3O2. The van der Waals surface area contributed by atoms with Gasteiger partial charge in [-0.05, 0) is 32.4 Å². The topological polar surface area (TPSA) is 70.2 Å². The first kappa shape index (κ1) is 13.0. The van der Waals surface area contributed by atoms with Gasteiger partial charge in [-0.15, -0.1) is 0 Å². The molecule has 0 aliphatic carbocycles. The van der Waals surface area contributed by atoms with Crippen LogP contribution in [0.4, 0.5) is 0 Å². The van der Waals surface area contributed by atoms with Crippen molar-refractivity contribution in [2.75, 3.05) is 26.2 Å². The molecule has 16 heavy (non-hydrogen) atoms. The Kier molecular flexibility index (Phi) is 5.85. The van der Waals surface area contributed by atoms with E-state index in [1.54, 1.807) is 0 Å². The van der Waals surface area contributed by atoms with Gasteiger partial charge in [0, 0.05) is 12.5 Å². The molecule has 0 atom stereocenters. The Morgan fingerprint density at radius 3 is 2.56 bits per heavy atom. The average Bonchev–Trinajstić information content (AvgIpc) is 2.34. The number of rotatable bonds is 5. The van der Waals surface area contributed by atoms with Crippen molar-refractivity contribution < 1.29 is 9.59 Å². The van der Waals surface area contributed by atoms with E-state index in [9.17, 15) is 9.59 Å². The molecule has 0 aromatic carbocycles. The molecule has 1 rings (SSSR count). The fraction of sp³-hybridized carbons (Fsp3) is 0.818. The summed E-state index contributed by atoms with van der Waals surface area (Å²) in [5.74, 6) is -0.0301. The summed E-state index contributed by atoms with van der Waals surface area (Å²) in [6.07, 6.45) is 2.64. The Morgan fingerprint density at radius 2 is 1.94 bits per heavy atom. The second-order valence-electron chi connectivity index (χ2n) is 4.09. The first-order chi connectivity index (χ1) is 7.74. The van der Waals surface area contributed by atoms with Crippen LogP contribution in [0.5, 0.6) is 0 Å². The fourth-order valence-electron chi connectivity index (χ4n) is 1.72. The highest BCUT2D eigenvalue weighted by Gasteiger charge is 2.20. The van der Waals surface area contributed by atoms with Crippen LogP contribution in [0.3, 0.4) is 0 Å². The van der Waals surface area contributed by atoms with E-state index in [0.717, 1.165) is 32.4 Å². The van der Waals surface area contributed by atoms with Gasteiger partial charge in [-0.2, -0.15) is 0 Å². The third-order valence-electron chi connectivity index (χ3n) is 2.71. The maximum absolute atomic E-state index is 11.7. The number of nitrogens with one attached hydrogen (secondary N) is 3. The summed E-state index contributed by atoms with van der Waals surface area (Å²) in [6.45, 7) is 4.54. The summed E-state index contributed by atoms with van der Waals surface area (Å²) in [5.41, 5.74) is 0. The molecule has 2 amide bonds. The highest BCUT2D eigenvalue weighted by Crippen LogP contribution is 2.10. The molecule has 92 valence electrons. The van der Waals surface area contributed by atoms with Gasteiger partial charge < -0.3 is 16.0 Å². The molecule has 1 aliphatic rings. The van der Waals surface area contributed by atoms with Gasteiger partial charge >= 0.3 is 0 Å². The minimum atomic E-state index is -0.107. The lowest BCUT2D eigenvalue weighted by Crippen LogP contribution is -2.42. The molecule has 0 unspecified atom stereocenters. The molecule has 0 spiro atoms. The molecule has 1 heterocycles. The lowest BCUT2D eigenvalue weighted by molar-refractivity contribution is -0.129. The molecule has 0 saturated carbocycles. The fourth-order valence-corrected chi connectivity index (χ4v) is 1.72. The Labute approximate surface area is 96.4 Å². The Balaban J connectivity index is 2.15. The molecule has 0 aromatic rings. The first-order valence-corrected chi connectivity index (χ1v) is 5.99. The lowest BCUT2D eigenvalue weighted by atomic mass is 9.97. The minimum Gasteiger partial charge on any atom is -0.355 e. The highest BCUT2D eigenvalue weighted by molar-refractivity contribution is 5.85. The summed E-state index contributed by atoms with van der Waals surface area (Å²) in [6, 6.07) is 0. The zero-order chi connectivity index (χ0) is 11.8. The molecule has 0 radical (unpaired) electrons. The van der Waals surface area contributed by atoms with Gasteiger partial charge in [-0.1, -0.05) is 6.92 Å². The molecule has 1 saturated heterocycles. The Hall–Kier alpha value is -1.10. The third kappa shape index (κ3) is 4.61. The highest BCUT2D eigenvalue weighted by atomic mass is 16.2. The van der Waals surface area contributed by atoms with Crippen LogP contribution < -0.4 is 16.0 Å². The monoisotopic (exact) mass is 227 g/mol. The summed E-state index contributed by atoms with van der Waals surface area (Å²) < 4.78 is 0. The maximum Gasteiger partial charge on any atom is 0.239 e. The van der Waals surface area contributed by atoms with E-state index in [0.29, 0.717) is 6.54 Å². The van der Waals surface area contributed by atoms with E-state index in [2.05, 4.69) is 16.0 Å². The van der Waals surface area contributed by atoms with Crippen molar-refractivity contribution in [3.05, 3.63) is 0 Å². The second kappa shape index (κ2) is 7.22. The predicted molar refractivity (Wildman–Crippen MR) is 61.9 cm³/mol. The van der Waals surface area contributed by atoms with E-state index in [1.165, 1.54) is 0 Å². The van der Waals surface area contributed by atoms with E-state index in [1.807, 2.05) is 6.92 Å². The standard InChI is InChI=1S/C11H21N3O2/c1-2-5-13-10(15)8-14-11(16)9-3-6-12-7-4-9/h9,12H,2-8H2,1H3,(H,13,15)(H,14,16). The first-order valence-electron chi connectivity index (χ1n) is 5.99. The number of hydrogen-bond acceptors (Lipinski definition) is 3. The van der Waals surface area contributed by atoms with Crippen molar-refractivity contribution in [2.24, 2.45) is 5.92 Å². The zero-order valence-electron chi connectivity index (χ0n) is 9.84. The van der Waals surface area contributed by atoms with Crippen LogP contribution in [0.1, 0.15) is 26.2 Å². The van der Waals surface area contributed by atoms with Crippen molar-refractivity contribution >= 4 is 11.8 Å². The number of hydrogen-bond donors (Lipinski definition) is 3.